The lowest BCUT2D eigenvalue weighted by Crippen LogP contribution is -2.28. The highest BCUT2D eigenvalue weighted by atomic mass is 16.3. The predicted molar refractivity (Wildman–Crippen MR) is 54.3 cm³/mol. The van der Waals surface area contributed by atoms with Crippen LogP contribution in [0.3, 0.4) is 0 Å². The number of hydrogen-bond donors (Lipinski definition) is 1. The van der Waals surface area contributed by atoms with Crippen molar-refractivity contribution in [2.24, 2.45) is 13.0 Å². The number of aromatic nitrogens is 2. The Balaban J connectivity index is 2.03. The van der Waals surface area contributed by atoms with Gasteiger partial charge in [-0.05, 0) is 6.42 Å². The summed E-state index contributed by atoms with van der Waals surface area (Å²) < 4.78 is 1.62. The normalized spacial score (nSPS) is 20.9. The van der Waals surface area contributed by atoms with Gasteiger partial charge in [-0.15, -0.1) is 0 Å². The topological polar surface area (TPSA) is 58.4 Å². The van der Waals surface area contributed by atoms with E-state index in [2.05, 4.69) is 5.10 Å². The monoisotopic (exact) mass is 209 g/mol. The average Bonchev–Trinajstić information content (AvgIpc) is 2.84. The molecule has 0 aliphatic carbocycles. The summed E-state index contributed by atoms with van der Waals surface area (Å²) in [6.07, 6.45) is 4.19. The van der Waals surface area contributed by atoms with E-state index < -0.39 is 0 Å². The SMILES string of the molecule is Cn1cc(C(=O)N2CC[C@@H](CO)C2)cn1. The first-order valence-electron chi connectivity index (χ1n) is 5.09. The van der Waals surface area contributed by atoms with Gasteiger partial charge in [0.1, 0.15) is 0 Å². The highest BCUT2D eigenvalue weighted by Crippen LogP contribution is 2.17. The van der Waals surface area contributed by atoms with Crippen molar-refractivity contribution in [3.8, 4) is 0 Å². The molecule has 1 aliphatic rings. The second-order valence-corrected chi connectivity index (χ2v) is 3.99. The molecular weight excluding hydrogens is 194 g/mol. The lowest BCUT2D eigenvalue weighted by molar-refractivity contribution is 0.0782. The molecule has 0 aromatic carbocycles. The van der Waals surface area contributed by atoms with Crippen LogP contribution in [0.5, 0.6) is 0 Å². The van der Waals surface area contributed by atoms with Crippen molar-refractivity contribution in [3.05, 3.63) is 18.0 Å². The van der Waals surface area contributed by atoms with Crippen LogP contribution in [0.15, 0.2) is 12.4 Å². The minimum absolute atomic E-state index is 0.0130. The molecule has 1 fully saturated rings. The van der Waals surface area contributed by atoms with E-state index >= 15 is 0 Å². The van der Waals surface area contributed by atoms with E-state index in [1.54, 1.807) is 29.0 Å². The van der Waals surface area contributed by atoms with Gasteiger partial charge >= 0.3 is 0 Å². The molecule has 1 atom stereocenters. The van der Waals surface area contributed by atoms with Gasteiger partial charge in [0, 0.05) is 38.9 Å². The Morgan fingerprint density at radius 3 is 3.07 bits per heavy atom. The first kappa shape index (κ1) is 10.2. The Labute approximate surface area is 88.3 Å². The molecule has 5 nitrogen and oxygen atoms in total. The largest absolute Gasteiger partial charge is 0.396 e. The Hall–Kier alpha value is -1.36. The van der Waals surface area contributed by atoms with Crippen LogP contribution in [0.2, 0.25) is 0 Å². The molecule has 1 aliphatic heterocycles. The van der Waals surface area contributed by atoms with Gasteiger partial charge in [0.2, 0.25) is 0 Å². The second kappa shape index (κ2) is 4.02. The summed E-state index contributed by atoms with van der Waals surface area (Å²) in [5.74, 6) is 0.254. The number of amides is 1. The third-order valence-corrected chi connectivity index (χ3v) is 2.78. The van der Waals surface area contributed by atoms with E-state index in [1.807, 2.05) is 0 Å². The van der Waals surface area contributed by atoms with Crippen molar-refractivity contribution in [2.75, 3.05) is 19.7 Å². The summed E-state index contributed by atoms with van der Waals surface area (Å²) in [5.41, 5.74) is 0.621. The van der Waals surface area contributed by atoms with E-state index in [0.29, 0.717) is 12.1 Å². The summed E-state index contributed by atoms with van der Waals surface area (Å²) >= 11 is 0. The van der Waals surface area contributed by atoms with Gasteiger partial charge in [0.25, 0.3) is 5.91 Å². The van der Waals surface area contributed by atoms with Crippen molar-refractivity contribution in [2.45, 2.75) is 6.42 Å². The van der Waals surface area contributed by atoms with Gasteiger partial charge < -0.3 is 10.0 Å². The van der Waals surface area contributed by atoms with Crippen LogP contribution in [-0.2, 0) is 7.05 Å². The Morgan fingerprint density at radius 2 is 2.53 bits per heavy atom. The van der Waals surface area contributed by atoms with E-state index in [1.165, 1.54) is 0 Å². The lowest BCUT2D eigenvalue weighted by Gasteiger charge is -2.14. The molecule has 2 rings (SSSR count). The van der Waals surface area contributed by atoms with Crippen molar-refractivity contribution < 1.29 is 9.90 Å². The van der Waals surface area contributed by atoms with Gasteiger partial charge in [-0.1, -0.05) is 0 Å². The Morgan fingerprint density at radius 1 is 1.73 bits per heavy atom. The molecule has 2 heterocycles. The summed E-state index contributed by atoms with van der Waals surface area (Å²) in [6, 6.07) is 0. The molecule has 0 radical (unpaired) electrons. The van der Waals surface area contributed by atoms with Crippen LogP contribution >= 0.6 is 0 Å². The number of carbonyl (C=O) groups excluding carboxylic acids is 1. The smallest absolute Gasteiger partial charge is 0.257 e. The average molecular weight is 209 g/mol. The van der Waals surface area contributed by atoms with Gasteiger partial charge in [-0.3, -0.25) is 9.48 Å². The number of hydrogen-bond acceptors (Lipinski definition) is 3. The standard InChI is InChI=1S/C10H15N3O2/c1-12-6-9(4-11-12)10(15)13-3-2-8(5-13)7-14/h4,6,8,14H,2-3,5,7H2,1H3/t8-/m1/s1. The maximum atomic E-state index is 11.9. The summed E-state index contributed by atoms with van der Waals surface area (Å²) in [5, 5.41) is 13.0. The number of likely N-dealkylation sites (tertiary alicyclic amines) is 1. The molecule has 0 unspecified atom stereocenters. The predicted octanol–water partition coefficient (Wildman–Crippen LogP) is -0.126. The first-order chi connectivity index (χ1) is 7.20. The number of carbonyl (C=O) groups is 1. The summed E-state index contributed by atoms with van der Waals surface area (Å²) in [4.78, 5) is 13.7. The third-order valence-electron chi connectivity index (χ3n) is 2.78. The molecule has 0 bridgehead atoms. The van der Waals surface area contributed by atoms with Gasteiger partial charge in [0.05, 0.1) is 11.8 Å². The third kappa shape index (κ3) is 2.02. The zero-order chi connectivity index (χ0) is 10.8. The Kier molecular flexibility index (Phi) is 2.73. The molecular formula is C10H15N3O2. The van der Waals surface area contributed by atoms with E-state index in [4.69, 9.17) is 5.11 Å². The van der Waals surface area contributed by atoms with E-state index in [-0.39, 0.29) is 18.4 Å². The quantitative estimate of drug-likeness (QED) is 0.738. The fourth-order valence-corrected chi connectivity index (χ4v) is 1.88. The van der Waals surface area contributed by atoms with Crippen LogP contribution in [0, 0.1) is 5.92 Å². The number of rotatable bonds is 2. The van der Waals surface area contributed by atoms with Crippen LogP contribution < -0.4 is 0 Å². The molecule has 1 saturated heterocycles. The molecule has 1 amide bonds. The molecule has 5 heteroatoms. The first-order valence-corrected chi connectivity index (χ1v) is 5.09. The molecule has 1 N–H and O–H groups in total. The molecule has 15 heavy (non-hydrogen) atoms. The fourth-order valence-electron chi connectivity index (χ4n) is 1.88. The number of aliphatic hydroxyl groups excluding tert-OH is 1. The van der Waals surface area contributed by atoms with Gasteiger partial charge in [0.15, 0.2) is 0 Å². The molecule has 1 aromatic heterocycles. The minimum atomic E-state index is 0.0130. The molecule has 1 aromatic rings. The second-order valence-electron chi connectivity index (χ2n) is 3.99. The number of nitrogens with zero attached hydrogens (tertiary/aromatic N) is 3. The van der Waals surface area contributed by atoms with Crippen LogP contribution in [-0.4, -0.2) is 45.4 Å². The van der Waals surface area contributed by atoms with Crippen molar-refractivity contribution in [1.29, 1.82) is 0 Å². The van der Waals surface area contributed by atoms with Crippen molar-refractivity contribution in [3.63, 3.8) is 0 Å². The van der Waals surface area contributed by atoms with Crippen molar-refractivity contribution in [1.82, 2.24) is 14.7 Å². The van der Waals surface area contributed by atoms with Gasteiger partial charge in [-0.2, -0.15) is 5.10 Å². The zero-order valence-corrected chi connectivity index (χ0v) is 8.76. The zero-order valence-electron chi connectivity index (χ0n) is 8.76. The van der Waals surface area contributed by atoms with E-state index in [0.717, 1.165) is 13.0 Å². The number of aliphatic hydroxyl groups is 1. The van der Waals surface area contributed by atoms with Crippen LogP contribution in [0.25, 0.3) is 0 Å². The minimum Gasteiger partial charge on any atom is -0.396 e. The summed E-state index contributed by atoms with van der Waals surface area (Å²) in [6.45, 7) is 1.56. The molecule has 0 saturated carbocycles. The maximum absolute atomic E-state index is 11.9. The van der Waals surface area contributed by atoms with Crippen LogP contribution in [0.1, 0.15) is 16.8 Å². The highest BCUT2D eigenvalue weighted by Gasteiger charge is 2.26. The summed E-state index contributed by atoms with van der Waals surface area (Å²) in [7, 11) is 1.79. The molecule has 0 spiro atoms. The van der Waals surface area contributed by atoms with Crippen molar-refractivity contribution >= 4 is 5.91 Å². The van der Waals surface area contributed by atoms with Gasteiger partial charge in [-0.25, -0.2) is 0 Å². The van der Waals surface area contributed by atoms with Crippen LogP contribution in [0.4, 0.5) is 0 Å². The van der Waals surface area contributed by atoms with E-state index in [9.17, 15) is 4.79 Å². The Bertz CT molecular complexity index is 361. The lowest BCUT2D eigenvalue weighted by atomic mass is 10.1. The molecule has 82 valence electrons. The fraction of sp³-hybridized carbons (Fsp3) is 0.600. The number of aryl methyl sites for hydroxylation is 1. The maximum Gasteiger partial charge on any atom is 0.257 e. The highest BCUT2D eigenvalue weighted by molar-refractivity contribution is 5.93.